The Morgan fingerprint density at radius 3 is 2.29 bits per heavy atom. The summed E-state index contributed by atoms with van der Waals surface area (Å²) in [6, 6.07) is 13.0. The molecule has 1 amide bonds. The molecular formula is C28H25NO8S. The SMILES string of the molecule is COc1cc(C2C(C(=O)c3cc4cccc(OC)c4o3)=C(O)C(=O)N2Cc2cccs2)cc(OC)c1OC. The molecule has 4 aromatic rings. The number of Topliss-reactive ketones (excluding diaryl/α,β-unsaturated/α-hetero) is 1. The maximum atomic E-state index is 13.9. The fraction of sp³-hybridized carbons (Fsp3) is 0.214. The zero-order chi connectivity index (χ0) is 27.0. The molecule has 196 valence electrons. The van der Waals surface area contributed by atoms with Crippen molar-refractivity contribution in [3.63, 3.8) is 0 Å². The van der Waals surface area contributed by atoms with Gasteiger partial charge in [-0.1, -0.05) is 18.2 Å². The molecule has 38 heavy (non-hydrogen) atoms. The van der Waals surface area contributed by atoms with E-state index in [1.165, 1.54) is 44.7 Å². The smallest absolute Gasteiger partial charge is 0.290 e. The molecule has 0 saturated carbocycles. The Kier molecular flexibility index (Phi) is 6.73. The van der Waals surface area contributed by atoms with E-state index in [1.807, 2.05) is 17.5 Å². The van der Waals surface area contributed by atoms with E-state index < -0.39 is 23.5 Å². The molecule has 1 aliphatic heterocycles. The first-order valence-corrected chi connectivity index (χ1v) is 12.5. The number of hydrogen-bond donors (Lipinski definition) is 1. The lowest BCUT2D eigenvalue weighted by Gasteiger charge is -2.27. The highest BCUT2D eigenvalue weighted by atomic mass is 32.1. The number of benzene rings is 2. The molecular weight excluding hydrogens is 510 g/mol. The summed E-state index contributed by atoms with van der Waals surface area (Å²) in [7, 11) is 5.95. The minimum Gasteiger partial charge on any atom is -0.503 e. The lowest BCUT2D eigenvalue weighted by atomic mass is 9.94. The molecule has 0 saturated heterocycles. The van der Waals surface area contributed by atoms with Crippen LogP contribution in [0.4, 0.5) is 0 Å². The summed E-state index contributed by atoms with van der Waals surface area (Å²) in [6.07, 6.45) is 0. The molecule has 1 N–H and O–H groups in total. The van der Waals surface area contributed by atoms with E-state index in [2.05, 4.69) is 0 Å². The van der Waals surface area contributed by atoms with Crippen LogP contribution in [0.5, 0.6) is 23.0 Å². The molecule has 10 heteroatoms. The first-order chi connectivity index (χ1) is 18.4. The average Bonchev–Trinajstić information content (AvgIpc) is 3.67. The Morgan fingerprint density at radius 2 is 1.68 bits per heavy atom. The highest BCUT2D eigenvalue weighted by Gasteiger charge is 2.45. The number of furan rings is 1. The number of aliphatic hydroxyl groups excluding tert-OH is 1. The predicted octanol–water partition coefficient (Wildman–Crippen LogP) is 5.31. The van der Waals surface area contributed by atoms with Gasteiger partial charge in [-0.2, -0.15) is 0 Å². The van der Waals surface area contributed by atoms with Crippen LogP contribution in [0.2, 0.25) is 0 Å². The van der Waals surface area contributed by atoms with E-state index in [1.54, 1.807) is 36.4 Å². The molecule has 0 aliphatic carbocycles. The molecule has 0 fully saturated rings. The molecule has 0 bridgehead atoms. The molecule has 0 radical (unpaired) electrons. The largest absolute Gasteiger partial charge is 0.503 e. The van der Waals surface area contributed by atoms with Gasteiger partial charge in [-0.25, -0.2) is 0 Å². The highest BCUT2D eigenvalue weighted by Crippen LogP contribution is 2.46. The van der Waals surface area contributed by atoms with Crippen LogP contribution >= 0.6 is 11.3 Å². The second-order valence-corrected chi connectivity index (χ2v) is 9.49. The number of ketones is 1. The number of methoxy groups -OCH3 is 4. The van der Waals surface area contributed by atoms with Crippen LogP contribution in [-0.4, -0.2) is 50.1 Å². The molecule has 3 heterocycles. The van der Waals surface area contributed by atoms with Crippen molar-refractivity contribution in [2.24, 2.45) is 0 Å². The zero-order valence-electron chi connectivity index (χ0n) is 21.1. The van der Waals surface area contributed by atoms with Gasteiger partial charge in [0.05, 0.1) is 46.6 Å². The van der Waals surface area contributed by atoms with Crippen LogP contribution in [0, 0.1) is 0 Å². The molecule has 0 spiro atoms. The second-order valence-electron chi connectivity index (χ2n) is 8.45. The quantitative estimate of drug-likeness (QED) is 0.288. The summed E-state index contributed by atoms with van der Waals surface area (Å²) in [4.78, 5) is 29.6. The Labute approximate surface area is 222 Å². The summed E-state index contributed by atoms with van der Waals surface area (Å²) in [5, 5.41) is 13.6. The van der Waals surface area contributed by atoms with Gasteiger partial charge in [-0.05, 0) is 41.3 Å². The van der Waals surface area contributed by atoms with Crippen LogP contribution in [0.3, 0.4) is 0 Å². The Morgan fingerprint density at radius 1 is 0.974 bits per heavy atom. The lowest BCUT2D eigenvalue weighted by Crippen LogP contribution is -2.30. The summed E-state index contributed by atoms with van der Waals surface area (Å²) in [5.41, 5.74) is 0.770. The van der Waals surface area contributed by atoms with Crippen molar-refractivity contribution in [2.75, 3.05) is 28.4 Å². The predicted molar refractivity (Wildman–Crippen MR) is 140 cm³/mol. The van der Waals surface area contributed by atoms with E-state index in [4.69, 9.17) is 23.4 Å². The maximum Gasteiger partial charge on any atom is 0.290 e. The minimum absolute atomic E-state index is 0.0331. The highest BCUT2D eigenvalue weighted by molar-refractivity contribution is 7.09. The lowest BCUT2D eigenvalue weighted by molar-refractivity contribution is -0.130. The van der Waals surface area contributed by atoms with Crippen molar-refractivity contribution in [2.45, 2.75) is 12.6 Å². The summed E-state index contributed by atoms with van der Waals surface area (Å²) in [5.74, 6) is -0.460. The van der Waals surface area contributed by atoms with Gasteiger partial charge in [0.2, 0.25) is 11.5 Å². The molecule has 1 unspecified atom stereocenters. The Hall–Kier alpha value is -4.44. The molecule has 9 nitrogen and oxygen atoms in total. The molecule has 1 aliphatic rings. The van der Waals surface area contributed by atoms with E-state index in [-0.39, 0.29) is 17.9 Å². The van der Waals surface area contributed by atoms with Gasteiger partial charge in [0, 0.05) is 10.3 Å². The van der Waals surface area contributed by atoms with Gasteiger partial charge in [0.1, 0.15) is 0 Å². The average molecular weight is 536 g/mol. The first kappa shape index (κ1) is 25.2. The number of fused-ring (bicyclic) bond motifs is 1. The number of hydrogen-bond acceptors (Lipinski definition) is 9. The third-order valence-corrected chi connectivity index (χ3v) is 7.27. The summed E-state index contributed by atoms with van der Waals surface area (Å²) >= 11 is 1.46. The van der Waals surface area contributed by atoms with Crippen molar-refractivity contribution in [1.29, 1.82) is 0 Å². The molecule has 2 aromatic carbocycles. The van der Waals surface area contributed by atoms with Gasteiger partial charge < -0.3 is 33.4 Å². The fourth-order valence-corrected chi connectivity index (χ4v) is 5.37. The van der Waals surface area contributed by atoms with Crippen LogP contribution < -0.4 is 18.9 Å². The molecule has 5 rings (SSSR count). The fourth-order valence-electron chi connectivity index (χ4n) is 4.67. The van der Waals surface area contributed by atoms with E-state index in [9.17, 15) is 14.7 Å². The van der Waals surface area contributed by atoms with E-state index >= 15 is 0 Å². The third kappa shape index (κ3) is 4.12. The van der Waals surface area contributed by atoms with Crippen LogP contribution in [0.15, 0.2) is 69.7 Å². The number of amides is 1. The van der Waals surface area contributed by atoms with Crippen molar-refractivity contribution >= 4 is 34.0 Å². The molecule has 2 aromatic heterocycles. The number of aliphatic hydroxyl groups is 1. The number of carbonyl (C=O) groups excluding carboxylic acids is 2. The number of carbonyl (C=O) groups is 2. The van der Waals surface area contributed by atoms with Crippen molar-refractivity contribution in [3.8, 4) is 23.0 Å². The summed E-state index contributed by atoms with van der Waals surface area (Å²) in [6.45, 7) is 0.173. The Balaban J connectivity index is 1.67. The third-order valence-electron chi connectivity index (χ3n) is 6.41. The number of thiophene rings is 1. The summed E-state index contributed by atoms with van der Waals surface area (Å²) < 4.78 is 27.7. The molecule has 1 atom stereocenters. The number of rotatable bonds is 9. The number of ether oxygens (including phenoxy) is 4. The van der Waals surface area contributed by atoms with Crippen molar-refractivity contribution in [1.82, 2.24) is 4.90 Å². The maximum absolute atomic E-state index is 13.9. The zero-order valence-corrected chi connectivity index (χ0v) is 22.0. The normalized spacial score (nSPS) is 15.3. The topological polar surface area (TPSA) is 108 Å². The van der Waals surface area contributed by atoms with E-state index in [0.717, 1.165) is 4.88 Å². The Bertz CT molecular complexity index is 1530. The van der Waals surface area contributed by atoms with Crippen LogP contribution in [0.25, 0.3) is 11.0 Å². The number of nitrogens with zero attached hydrogens (tertiary/aromatic N) is 1. The van der Waals surface area contributed by atoms with Crippen molar-refractivity contribution < 1.29 is 38.1 Å². The van der Waals surface area contributed by atoms with Gasteiger partial charge >= 0.3 is 0 Å². The van der Waals surface area contributed by atoms with Gasteiger partial charge in [0.25, 0.3) is 5.91 Å². The van der Waals surface area contributed by atoms with Crippen LogP contribution in [-0.2, 0) is 11.3 Å². The van der Waals surface area contributed by atoms with Crippen LogP contribution in [0.1, 0.15) is 27.0 Å². The van der Waals surface area contributed by atoms with Gasteiger partial charge in [0.15, 0.2) is 34.4 Å². The van der Waals surface area contributed by atoms with Gasteiger partial charge in [-0.3, -0.25) is 9.59 Å². The minimum atomic E-state index is -0.957. The number of para-hydroxylation sites is 1. The first-order valence-electron chi connectivity index (χ1n) is 11.6. The van der Waals surface area contributed by atoms with Gasteiger partial charge in [-0.15, -0.1) is 11.3 Å². The second kappa shape index (κ2) is 10.1. The standard InChI is InChI=1S/C28H25NO8S/c1-33-18-9-5-7-15-11-19(37-26(15)18)24(30)22-23(16-12-20(34-2)27(36-4)21(13-16)35-3)29(28(32)25(22)31)14-17-8-6-10-38-17/h5-13,23,31H,14H2,1-4H3. The van der Waals surface area contributed by atoms with Crippen molar-refractivity contribution in [3.05, 3.63) is 81.4 Å². The monoisotopic (exact) mass is 535 g/mol. The van der Waals surface area contributed by atoms with E-state index in [0.29, 0.717) is 39.5 Å².